The molecule has 0 bridgehead atoms. The molecule has 0 unspecified atom stereocenters. The lowest BCUT2D eigenvalue weighted by Gasteiger charge is -2.12. The molecular weight excluding hydrogens is 550 g/mol. The molecule has 0 radical (unpaired) electrons. The number of furan rings is 1. The first-order valence-electron chi connectivity index (χ1n) is 11.8. The third-order valence-corrected chi connectivity index (χ3v) is 6.73. The van der Waals surface area contributed by atoms with Crippen LogP contribution >= 0.6 is 28.1 Å². The summed E-state index contributed by atoms with van der Waals surface area (Å²) in [6, 6.07) is 22.9. The van der Waals surface area contributed by atoms with Crippen molar-refractivity contribution >= 4 is 56.0 Å². The van der Waals surface area contributed by atoms with Gasteiger partial charge in [0.2, 0.25) is 5.89 Å². The van der Waals surface area contributed by atoms with E-state index in [1.165, 1.54) is 5.56 Å². The van der Waals surface area contributed by atoms with Crippen LogP contribution in [0.5, 0.6) is 0 Å². The van der Waals surface area contributed by atoms with E-state index < -0.39 is 5.91 Å². The minimum absolute atomic E-state index is 0.158. The van der Waals surface area contributed by atoms with E-state index >= 15 is 0 Å². The molecule has 0 saturated carbocycles. The summed E-state index contributed by atoms with van der Waals surface area (Å²) in [5.74, 6) is 1.25. The van der Waals surface area contributed by atoms with Crippen LogP contribution in [-0.4, -0.2) is 16.0 Å². The van der Waals surface area contributed by atoms with Crippen molar-refractivity contribution in [2.75, 3.05) is 5.32 Å². The summed E-state index contributed by atoms with van der Waals surface area (Å²) in [6.07, 6.45) is 0. The van der Waals surface area contributed by atoms with E-state index in [1.807, 2.05) is 55.5 Å². The maximum Gasteiger partial charge on any atom is 0.293 e. The number of halogens is 1. The highest BCUT2D eigenvalue weighted by Gasteiger charge is 2.16. The number of benzene rings is 3. The van der Waals surface area contributed by atoms with Gasteiger partial charge in [0.05, 0.1) is 0 Å². The van der Waals surface area contributed by atoms with Gasteiger partial charge in [0.25, 0.3) is 5.91 Å². The maximum atomic E-state index is 12.7. The van der Waals surface area contributed by atoms with Gasteiger partial charge in [-0.3, -0.25) is 10.1 Å². The van der Waals surface area contributed by atoms with Crippen LogP contribution < -0.4 is 10.6 Å². The topological polar surface area (TPSA) is 80.3 Å². The maximum absolute atomic E-state index is 12.7. The lowest BCUT2D eigenvalue weighted by molar-refractivity contribution is 0.0951. The van der Waals surface area contributed by atoms with Crippen molar-refractivity contribution in [2.24, 2.45) is 0 Å². The van der Waals surface area contributed by atoms with Crippen LogP contribution in [0, 0.1) is 6.92 Å². The number of carbonyl (C=O) groups is 1. The normalized spacial score (nSPS) is 11.2. The van der Waals surface area contributed by atoms with Crippen molar-refractivity contribution in [3.8, 4) is 22.8 Å². The SMILES string of the molecule is Cc1ccc(-c2nc3cc(C(C)C)ccc3o2)cc1NC(=S)NC(=O)c1ccc(-c2ccc(Br)cc2)o1. The molecule has 2 heterocycles. The Balaban J connectivity index is 1.30. The number of fused-ring (bicyclic) bond motifs is 1. The number of nitrogens with one attached hydrogen (secondary N) is 2. The van der Waals surface area contributed by atoms with E-state index in [0.717, 1.165) is 38.0 Å². The van der Waals surface area contributed by atoms with Crippen LogP contribution in [0.15, 0.2) is 86.1 Å². The molecule has 2 N–H and O–H groups in total. The third kappa shape index (κ3) is 5.50. The fraction of sp³-hybridized carbons (Fsp3) is 0.138. The van der Waals surface area contributed by atoms with Crippen molar-refractivity contribution < 1.29 is 13.6 Å². The summed E-state index contributed by atoms with van der Waals surface area (Å²) in [6.45, 7) is 6.25. The Kier molecular flexibility index (Phi) is 6.95. The van der Waals surface area contributed by atoms with E-state index in [1.54, 1.807) is 12.1 Å². The molecule has 0 saturated heterocycles. The van der Waals surface area contributed by atoms with Crippen molar-refractivity contribution in [3.63, 3.8) is 0 Å². The zero-order chi connectivity index (χ0) is 26.1. The first kappa shape index (κ1) is 24.9. The number of amides is 1. The minimum atomic E-state index is -0.436. The summed E-state index contributed by atoms with van der Waals surface area (Å²) in [5, 5.41) is 5.95. The summed E-state index contributed by atoms with van der Waals surface area (Å²) < 4.78 is 12.7. The van der Waals surface area contributed by atoms with Gasteiger partial charge < -0.3 is 14.2 Å². The molecule has 0 fully saturated rings. The minimum Gasteiger partial charge on any atom is -0.451 e. The third-order valence-electron chi connectivity index (χ3n) is 6.00. The highest BCUT2D eigenvalue weighted by molar-refractivity contribution is 9.10. The van der Waals surface area contributed by atoms with Crippen molar-refractivity contribution in [2.45, 2.75) is 26.7 Å². The first-order chi connectivity index (χ1) is 17.8. The number of carbonyl (C=O) groups excluding carboxylic acids is 1. The van der Waals surface area contributed by atoms with Gasteiger partial charge in [-0.2, -0.15) is 0 Å². The van der Waals surface area contributed by atoms with Gasteiger partial charge >= 0.3 is 0 Å². The second-order valence-electron chi connectivity index (χ2n) is 9.01. The molecule has 0 aliphatic carbocycles. The van der Waals surface area contributed by atoms with Crippen LogP contribution in [0.4, 0.5) is 5.69 Å². The van der Waals surface area contributed by atoms with Gasteiger partial charge in [-0.25, -0.2) is 4.98 Å². The number of rotatable bonds is 5. The zero-order valence-electron chi connectivity index (χ0n) is 20.5. The number of aryl methyl sites for hydroxylation is 1. The number of thiocarbonyl (C=S) groups is 1. The van der Waals surface area contributed by atoms with Gasteiger partial charge in [0, 0.05) is 21.3 Å². The molecule has 186 valence electrons. The number of nitrogens with zero attached hydrogens (tertiary/aromatic N) is 1. The highest BCUT2D eigenvalue weighted by Crippen LogP contribution is 2.30. The fourth-order valence-electron chi connectivity index (χ4n) is 3.86. The Morgan fingerprint density at radius 2 is 1.70 bits per heavy atom. The van der Waals surface area contributed by atoms with Crippen LogP contribution in [0.2, 0.25) is 0 Å². The van der Waals surface area contributed by atoms with E-state index in [-0.39, 0.29) is 10.9 Å². The molecule has 5 aromatic rings. The van der Waals surface area contributed by atoms with E-state index in [9.17, 15) is 4.79 Å². The van der Waals surface area contributed by atoms with Gasteiger partial charge in [-0.1, -0.05) is 54.0 Å². The summed E-state index contributed by atoms with van der Waals surface area (Å²) >= 11 is 8.82. The van der Waals surface area contributed by atoms with Crippen LogP contribution in [0.1, 0.15) is 41.4 Å². The van der Waals surface area contributed by atoms with Crippen molar-refractivity contribution in [1.82, 2.24) is 10.3 Å². The monoisotopic (exact) mass is 573 g/mol. The number of oxazole rings is 1. The lowest BCUT2D eigenvalue weighted by atomic mass is 10.0. The summed E-state index contributed by atoms with van der Waals surface area (Å²) in [4.78, 5) is 17.4. The van der Waals surface area contributed by atoms with Gasteiger partial charge in [0.1, 0.15) is 11.3 Å². The zero-order valence-corrected chi connectivity index (χ0v) is 22.9. The Hall–Kier alpha value is -3.75. The summed E-state index contributed by atoms with van der Waals surface area (Å²) in [5.41, 5.74) is 6.13. The van der Waals surface area contributed by atoms with Crippen LogP contribution in [0.25, 0.3) is 33.9 Å². The molecule has 0 aliphatic rings. The molecule has 6 nitrogen and oxygen atoms in total. The molecule has 8 heteroatoms. The Labute approximate surface area is 228 Å². The summed E-state index contributed by atoms with van der Waals surface area (Å²) in [7, 11) is 0. The first-order valence-corrected chi connectivity index (χ1v) is 13.0. The molecule has 3 aromatic carbocycles. The molecule has 2 aromatic heterocycles. The highest BCUT2D eigenvalue weighted by atomic mass is 79.9. The van der Waals surface area contributed by atoms with Crippen LogP contribution in [-0.2, 0) is 0 Å². The standard InChI is InChI=1S/C29H24BrN3O3S/c1-16(2)19-8-11-25-23(14-19)31-28(36-25)20-5-4-17(3)22(15-20)32-29(37)33-27(34)26-13-12-24(35-26)18-6-9-21(30)10-7-18/h4-16H,1-3H3,(H2,32,33,34,37). The van der Waals surface area contributed by atoms with Gasteiger partial charge in [0.15, 0.2) is 16.5 Å². The van der Waals surface area contributed by atoms with Crippen molar-refractivity contribution in [1.29, 1.82) is 0 Å². The van der Waals surface area contributed by atoms with Gasteiger partial charge in [-0.15, -0.1) is 0 Å². The molecular formula is C29H24BrN3O3S. The predicted molar refractivity (Wildman–Crippen MR) is 154 cm³/mol. The number of hydrogen-bond acceptors (Lipinski definition) is 5. The molecule has 0 atom stereocenters. The Morgan fingerprint density at radius 1 is 0.946 bits per heavy atom. The van der Waals surface area contributed by atoms with Crippen LogP contribution in [0.3, 0.4) is 0 Å². The second kappa shape index (κ2) is 10.3. The second-order valence-corrected chi connectivity index (χ2v) is 10.3. The smallest absolute Gasteiger partial charge is 0.293 e. The average molecular weight is 575 g/mol. The largest absolute Gasteiger partial charge is 0.451 e. The quantitative estimate of drug-likeness (QED) is 0.207. The lowest BCUT2D eigenvalue weighted by Crippen LogP contribution is -2.34. The van der Waals surface area contributed by atoms with E-state index in [2.05, 4.69) is 57.5 Å². The Morgan fingerprint density at radius 3 is 2.46 bits per heavy atom. The molecule has 1 amide bonds. The van der Waals surface area contributed by atoms with E-state index in [0.29, 0.717) is 17.6 Å². The molecule has 0 aliphatic heterocycles. The average Bonchev–Trinajstić information content (AvgIpc) is 3.53. The number of hydrogen-bond donors (Lipinski definition) is 2. The van der Waals surface area contributed by atoms with Crippen molar-refractivity contribution in [3.05, 3.63) is 94.2 Å². The number of anilines is 1. The number of aromatic nitrogens is 1. The Bertz CT molecular complexity index is 1620. The fourth-order valence-corrected chi connectivity index (χ4v) is 4.33. The molecule has 0 spiro atoms. The van der Waals surface area contributed by atoms with E-state index in [4.69, 9.17) is 21.1 Å². The van der Waals surface area contributed by atoms with Gasteiger partial charge in [-0.05, 0) is 84.7 Å². The molecule has 37 heavy (non-hydrogen) atoms. The predicted octanol–water partition coefficient (Wildman–Crippen LogP) is 8.08. The molecule has 5 rings (SSSR count).